The molecule has 1 aliphatic rings. The minimum atomic E-state index is 0. The highest BCUT2D eigenvalue weighted by atomic mass is 127. The molecule has 0 radical (unpaired) electrons. The van der Waals surface area contributed by atoms with Crippen LogP contribution in [0.25, 0.3) is 0 Å². The summed E-state index contributed by atoms with van der Waals surface area (Å²) in [6.07, 6.45) is 4.22. The fourth-order valence-electron chi connectivity index (χ4n) is 3.95. The molecular weight excluding hydrogens is 515 g/mol. The average Bonchev–Trinajstić information content (AvgIpc) is 2.82. The fraction of sp³-hybridized carbons (Fsp3) is 0.480. The Labute approximate surface area is 209 Å². The topological polar surface area (TPSA) is 58.1 Å². The predicted molar refractivity (Wildman–Crippen MR) is 144 cm³/mol. The van der Waals surface area contributed by atoms with Gasteiger partial charge in [0.1, 0.15) is 0 Å². The summed E-state index contributed by atoms with van der Waals surface area (Å²) in [7, 11) is 3.51. The van der Waals surface area contributed by atoms with Gasteiger partial charge in [-0.15, -0.1) is 24.0 Å². The number of guanidine groups is 1. The van der Waals surface area contributed by atoms with Crippen molar-refractivity contribution in [1.82, 2.24) is 10.6 Å². The Morgan fingerprint density at radius 1 is 1.09 bits per heavy atom. The highest BCUT2D eigenvalue weighted by Crippen LogP contribution is 2.28. The molecule has 0 amide bonds. The van der Waals surface area contributed by atoms with Gasteiger partial charge in [-0.1, -0.05) is 24.3 Å². The maximum Gasteiger partial charge on any atom is 0.191 e. The van der Waals surface area contributed by atoms with E-state index in [2.05, 4.69) is 63.0 Å². The van der Waals surface area contributed by atoms with Crippen LogP contribution in [0.1, 0.15) is 31.7 Å². The van der Waals surface area contributed by atoms with E-state index in [0.717, 1.165) is 62.8 Å². The van der Waals surface area contributed by atoms with Crippen LogP contribution in [0.2, 0.25) is 0 Å². The lowest BCUT2D eigenvalue weighted by molar-refractivity contribution is 0.310. The van der Waals surface area contributed by atoms with Crippen LogP contribution in [0.4, 0.5) is 5.69 Å². The lowest BCUT2D eigenvalue weighted by Crippen LogP contribution is -2.48. The summed E-state index contributed by atoms with van der Waals surface area (Å²) < 4.78 is 11.0. The van der Waals surface area contributed by atoms with Gasteiger partial charge in [0.15, 0.2) is 17.5 Å². The van der Waals surface area contributed by atoms with E-state index in [1.54, 1.807) is 7.11 Å². The number of hydrogen-bond acceptors (Lipinski definition) is 4. The number of ether oxygens (including phenoxy) is 2. The maximum absolute atomic E-state index is 5.68. The highest BCUT2D eigenvalue weighted by molar-refractivity contribution is 14.0. The molecule has 1 saturated heterocycles. The Bertz CT molecular complexity index is 824. The molecule has 176 valence electrons. The molecule has 0 aliphatic carbocycles. The number of nitrogens with zero attached hydrogens (tertiary/aromatic N) is 2. The van der Waals surface area contributed by atoms with Gasteiger partial charge >= 0.3 is 0 Å². The first-order valence-electron chi connectivity index (χ1n) is 11.3. The Hall–Kier alpha value is -2.16. The fourth-order valence-corrected chi connectivity index (χ4v) is 3.95. The largest absolute Gasteiger partial charge is 0.493 e. The molecule has 0 aromatic heterocycles. The lowest BCUT2D eigenvalue weighted by atomic mass is 10.0. The second-order valence-corrected chi connectivity index (χ2v) is 7.76. The third kappa shape index (κ3) is 7.76. The molecule has 6 nitrogen and oxygen atoms in total. The molecular formula is C25H37IN4O2. The van der Waals surface area contributed by atoms with Gasteiger partial charge in [0.2, 0.25) is 0 Å². The Kier molecular flexibility index (Phi) is 11.5. The predicted octanol–water partition coefficient (Wildman–Crippen LogP) is 4.48. The Balaban J connectivity index is 0.00000363. The van der Waals surface area contributed by atoms with E-state index in [4.69, 9.17) is 9.47 Å². The van der Waals surface area contributed by atoms with E-state index < -0.39 is 0 Å². The molecule has 1 fully saturated rings. The number of benzene rings is 2. The molecule has 0 unspecified atom stereocenters. The quantitative estimate of drug-likeness (QED) is 0.208. The van der Waals surface area contributed by atoms with Crippen molar-refractivity contribution in [2.45, 2.75) is 38.6 Å². The summed E-state index contributed by atoms with van der Waals surface area (Å²) in [6.45, 7) is 5.63. The molecule has 0 spiro atoms. The van der Waals surface area contributed by atoms with E-state index in [1.807, 2.05) is 20.0 Å². The van der Waals surface area contributed by atoms with Crippen molar-refractivity contribution in [3.63, 3.8) is 0 Å². The Morgan fingerprint density at radius 3 is 2.50 bits per heavy atom. The highest BCUT2D eigenvalue weighted by Gasteiger charge is 2.20. The zero-order valence-electron chi connectivity index (χ0n) is 19.5. The number of piperidine rings is 1. The third-order valence-electron chi connectivity index (χ3n) is 5.64. The number of aryl methyl sites for hydroxylation is 1. The molecule has 1 heterocycles. The molecule has 1 aliphatic heterocycles. The van der Waals surface area contributed by atoms with Crippen LogP contribution in [0, 0.1) is 0 Å². The van der Waals surface area contributed by atoms with Gasteiger partial charge in [-0.2, -0.15) is 0 Å². The number of anilines is 1. The van der Waals surface area contributed by atoms with E-state index in [0.29, 0.717) is 12.6 Å². The molecule has 32 heavy (non-hydrogen) atoms. The van der Waals surface area contributed by atoms with Gasteiger partial charge in [0, 0.05) is 38.4 Å². The second-order valence-electron chi connectivity index (χ2n) is 7.76. The standard InChI is InChI=1S/C25H36N4O2.HI/c1-4-31-24-19-20(12-13-23(24)30-3)9-8-16-27-25(26-2)28-21-14-17-29(18-15-21)22-10-6-5-7-11-22;/h5-7,10-13,19,21H,4,8-9,14-18H2,1-3H3,(H2,26,27,28);1H. The molecule has 3 rings (SSSR count). The summed E-state index contributed by atoms with van der Waals surface area (Å²) in [4.78, 5) is 6.87. The van der Waals surface area contributed by atoms with Gasteiger partial charge in [-0.25, -0.2) is 0 Å². The van der Waals surface area contributed by atoms with Crippen molar-refractivity contribution in [3.05, 3.63) is 54.1 Å². The van der Waals surface area contributed by atoms with Crippen LogP contribution in [0.3, 0.4) is 0 Å². The molecule has 0 bridgehead atoms. The monoisotopic (exact) mass is 552 g/mol. The van der Waals surface area contributed by atoms with E-state index >= 15 is 0 Å². The number of aliphatic imine (C=N–C) groups is 1. The van der Waals surface area contributed by atoms with Crippen molar-refractivity contribution < 1.29 is 9.47 Å². The number of methoxy groups -OCH3 is 1. The van der Waals surface area contributed by atoms with Crippen LogP contribution in [-0.4, -0.2) is 52.4 Å². The number of rotatable bonds is 9. The van der Waals surface area contributed by atoms with E-state index in [9.17, 15) is 0 Å². The van der Waals surface area contributed by atoms with Crippen molar-refractivity contribution >= 4 is 35.6 Å². The van der Waals surface area contributed by atoms with Gasteiger partial charge < -0.3 is 25.0 Å². The number of para-hydroxylation sites is 1. The summed E-state index contributed by atoms with van der Waals surface area (Å²) >= 11 is 0. The zero-order chi connectivity index (χ0) is 21.9. The molecule has 7 heteroatoms. The molecule has 0 atom stereocenters. The van der Waals surface area contributed by atoms with Crippen LogP contribution in [0.5, 0.6) is 11.5 Å². The van der Waals surface area contributed by atoms with Crippen LogP contribution < -0.4 is 25.0 Å². The van der Waals surface area contributed by atoms with Crippen molar-refractivity contribution in [1.29, 1.82) is 0 Å². The van der Waals surface area contributed by atoms with Gasteiger partial charge in [-0.3, -0.25) is 4.99 Å². The summed E-state index contributed by atoms with van der Waals surface area (Å²) in [5.74, 6) is 2.49. The minimum Gasteiger partial charge on any atom is -0.493 e. The minimum absolute atomic E-state index is 0. The normalized spacial score (nSPS) is 14.5. The Morgan fingerprint density at radius 2 is 1.84 bits per heavy atom. The van der Waals surface area contributed by atoms with Gasteiger partial charge in [0.25, 0.3) is 0 Å². The summed E-state index contributed by atoms with van der Waals surface area (Å²) in [6, 6.07) is 17.3. The maximum atomic E-state index is 5.68. The summed E-state index contributed by atoms with van der Waals surface area (Å²) in [5.41, 5.74) is 2.57. The number of nitrogens with one attached hydrogen (secondary N) is 2. The first kappa shape index (κ1) is 26.1. The molecule has 2 aromatic rings. The van der Waals surface area contributed by atoms with Gasteiger partial charge in [-0.05, 0) is 62.4 Å². The molecule has 2 N–H and O–H groups in total. The van der Waals surface area contributed by atoms with Crippen molar-refractivity contribution in [3.8, 4) is 11.5 Å². The second kappa shape index (κ2) is 14.1. The van der Waals surface area contributed by atoms with Crippen molar-refractivity contribution in [2.24, 2.45) is 4.99 Å². The average molecular weight is 553 g/mol. The summed E-state index contributed by atoms with van der Waals surface area (Å²) in [5, 5.41) is 7.05. The number of hydrogen-bond donors (Lipinski definition) is 2. The van der Waals surface area contributed by atoms with E-state index in [-0.39, 0.29) is 24.0 Å². The van der Waals surface area contributed by atoms with Crippen LogP contribution in [0.15, 0.2) is 53.5 Å². The van der Waals surface area contributed by atoms with Crippen LogP contribution >= 0.6 is 24.0 Å². The van der Waals surface area contributed by atoms with E-state index in [1.165, 1.54) is 11.3 Å². The smallest absolute Gasteiger partial charge is 0.191 e. The van der Waals surface area contributed by atoms with Crippen molar-refractivity contribution in [2.75, 3.05) is 45.3 Å². The molecule has 2 aromatic carbocycles. The molecule has 0 saturated carbocycles. The lowest BCUT2D eigenvalue weighted by Gasteiger charge is -2.34. The number of halogens is 1. The first-order chi connectivity index (χ1) is 15.2. The third-order valence-corrected chi connectivity index (χ3v) is 5.64. The first-order valence-corrected chi connectivity index (χ1v) is 11.3. The van der Waals surface area contributed by atoms with Crippen LogP contribution in [-0.2, 0) is 6.42 Å². The van der Waals surface area contributed by atoms with Gasteiger partial charge in [0.05, 0.1) is 13.7 Å². The SMILES string of the molecule is CCOc1cc(CCCNC(=NC)NC2CCN(c3ccccc3)CC2)ccc1OC.I. The zero-order valence-corrected chi connectivity index (χ0v) is 21.8.